The smallest absolute Gasteiger partial charge is 0.322 e. The highest BCUT2D eigenvalue weighted by Gasteiger charge is 2.26. The molecule has 0 radical (unpaired) electrons. The first-order valence-electron chi connectivity index (χ1n) is 8.16. The number of amides is 2. The molecule has 0 aromatic carbocycles. The monoisotopic (exact) mass is 306 g/mol. The van der Waals surface area contributed by atoms with E-state index in [9.17, 15) is 9.90 Å². The zero-order valence-corrected chi connectivity index (χ0v) is 13.5. The Morgan fingerprint density at radius 1 is 1.36 bits per heavy atom. The van der Waals surface area contributed by atoms with Gasteiger partial charge in [-0.05, 0) is 19.8 Å². The second-order valence-corrected chi connectivity index (χ2v) is 5.96. The summed E-state index contributed by atoms with van der Waals surface area (Å²) in [6.07, 6.45) is 9.02. The summed E-state index contributed by atoms with van der Waals surface area (Å²) in [7, 11) is 0. The first kappa shape index (κ1) is 16.7. The molecule has 0 spiro atoms. The molecule has 22 heavy (non-hydrogen) atoms. The molecule has 2 rings (SSSR count). The van der Waals surface area contributed by atoms with Gasteiger partial charge in [-0.15, -0.1) is 0 Å². The number of aliphatic hydroxyl groups is 1. The number of nitrogens with one attached hydrogen (secondary N) is 1. The molecule has 122 valence electrons. The summed E-state index contributed by atoms with van der Waals surface area (Å²) < 4.78 is 0. The Bertz CT molecular complexity index is 470. The van der Waals surface area contributed by atoms with Crippen molar-refractivity contribution in [2.45, 2.75) is 64.5 Å². The molecule has 1 unspecified atom stereocenters. The van der Waals surface area contributed by atoms with Gasteiger partial charge in [0.05, 0.1) is 24.2 Å². The van der Waals surface area contributed by atoms with E-state index >= 15 is 0 Å². The van der Waals surface area contributed by atoms with Gasteiger partial charge in [0.25, 0.3) is 0 Å². The molecule has 6 heteroatoms. The first-order chi connectivity index (χ1) is 10.6. The molecule has 2 N–H and O–H groups in total. The van der Waals surface area contributed by atoms with Gasteiger partial charge in [0.1, 0.15) is 5.82 Å². The number of carbonyl (C=O) groups is 1. The molecule has 2 amide bonds. The van der Waals surface area contributed by atoms with E-state index in [1.807, 2.05) is 6.92 Å². The van der Waals surface area contributed by atoms with Crippen molar-refractivity contribution in [3.8, 4) is 0 Å². The Hall–Kier alpha value is -1.69. The lowest BCUT2D eigenvalue weighted by molar-refractivity contribution is 0.105. The van der Waals surface area contributed by atoms with Crippen LogP contribution in [0.2, 0.25) is 0 Å². The Kier molecular flexibility index (Phi) is 6.12. The van der Waals surface area contributed by atoms with Gasteiger partial charge in [-0.2, -0.15) is 0 Å². The number of aromatic nitrogens is 2. The van der Waals surface area contributed by atoms with Gasteiger partial charge in [-0.3, -0.25) is 0 Å². The molecule has 1 saturated carbocycles. The van der Waals surface area contributed by atoms with E-state index in [0.717, 1.165) is 37.9 Å². The number of carbonyl (C=O) groups excluding carboxylic acids is 1. The third-order valence-corrected chi connectivity index (χ3v) is 4.01. The molecule has 0 saturated heterocycles. The molecular formula is C16H26N4O2. The van der Waals surface area contributed by atoms with Crippen LogP contribution in [0.15, 0.2) is 12.4 Å². The Labute approximate surface area is 132 Å². The third kappa shape index (κ3) is 4.66. The van der Waals surface area contributed by atoms with Gasteiger partial charge in [0.15, 0.2) is 0 Å². The number of hydrogen-bond donors (Lipinski definition) is 2. The average Bonchev–Trinajstić information content (AvgIpc) is 2.54. The molecule has 1 aromatic rings. The van der Waals surface area contributed by atoms with Crippen LogP contribution < -0.4 is 5.32 Å². The van der Waals surface area contributed by atoms with Gasteiger partial charge in [-0.25, -0.2) is 14.8 Å². The zero-order valence-electron chi connectivity index (χ0n) is 13.5. The van der Waals surface area contributed by atoms with Crippen LogP contribution in [0.3, 0.4) is 0 Å². The van der Waals surface area contributed by atoms with Gasteiger partial charge in [0.2, 0.25) is 0 Å². The van der Waals surface area contributed by atoms with E-state index < -0.39 is 6.10 Å². The average molecular weight is 306 g/mol. The minimum absolute atomic E-state index is 0.180. The van der Waals surface area contributed by atoms with Crippen molar-refractivity contribution in [3.63, 3.8) is 0 Å². The number of aliphatic hydroxyl groups excluding tert-OH is 1. The minimum Gasteiger partial charge on any atom is -0.392 e. The van der Waals surface area contributed by atoms with Crippen LogP contribution in [0.25, 0.3) is 0 Å². The van der Waals surface area contributed by atoms with E-state index in [0.29, 0.717) is 12.2 Å². The van der Waals surface area contributed by atoms with Gasteiger partial charge in [0, 0.05) is 19.0 Å². The van der Waals surface area contributed by atoms with Crippen molar-refractivity contribution in [2.75, 3.05) is 11.9 Å². The fourth-order valence-corrected chi connectivity index (χ4v) is 2.87. The molecule has 6 nitrogen and oxygen atoms in total. The van der Waals surface area contributed by atoms with Crippen LogP contribution in [0.4, 0.5) is 10.5 Å². The van der Waals surface area contributed by atoms with Crippen LogP contribution >= 0.6 is 0 Å². The second-order valence-electron chi connectivity index (χ2n) is 5.96. The highest BCUT2D eigenvalue weighted by Crippen LogP contribution is 2.23. The highest BCUT2D eigenvalue weighted by molar-refractivity contribution is 5.89. The molecule has 1 fully saturated rings. The van der Waals surface area contributed by atoms with Crippen molar-refractivity contribution in [3.05, 3.63) is 18.2 Å². The molecular weight excluding hydrogens is 280 g/mol. The number of nitrogens with zero attached hydrogens (tertiary/aromatic N) is 3. The normalized spacial score (nSPS) is 17.0. The van der Waals surface area contributed by atoms with Crippen LogP contribution in [0.1, 0.15) is 51.8 Å². The summed E-state index contributed by atoms with van der Waals surface area (Å²) in [6.45, 7) is 4.05. The van der Waals surface area contributed by atoms with E-state index in [1.54, 1.807) is 24.2 Å². The number of anilines is 1. The minimum atomic E-state index is -0.536. The van der Waals surface area contributed by atoms with Crippen molar-refractivity contribution in [1.29, 1.82) is 0 Å². The summed E-state index contributed by atoms with van der Waals surface area (Å²) in [5.74, 6) is 0.756. The van der Waals surface area contributed by atoms with Crippen LogP contribution in [0.5, 0.6) is 0 Å². The van der Waals surface area contributed by atoms with E-state index in [-0.39, 0.29) is 12.1 Å². The molecule has 1 aromatic heterocycles. The number of hydrogen-bond acceptors (Lipinski definition) is 4. The zero-order chi connectivity index (χ0) is 15.9. The van der Waals surface area contributed by atoms with Crippen molar-refractivity contribution in [1.82, 2.24) is 14.9 Å². The fraction of sp³-hybridized carbons (Fsp3) is 0.688. The van der Waals surface area contributed by atoms with E-state index in [4.69, 9.17) is 0 Å². The van der Waals surface area contributed by atoms with Crippen LogP contribution in [0, 0.1) is 0 Å². The molecule has 0 bridgehead atoms. The molecule has 0 aliphatic heterocycles. The highest BCUT2D eigenvalue weighted by atomic mass is 16.3. The molecule has 1 aliphatic carbocycles. The lowest BCUT2D eigenvalue weighted by Crippen LogP contribution is -2.47. The van der Waals surface area contributed by atoms with Gasteiger partial charge < -0.3 is 15.3 Å². The summed E-state index contributed by atoms with van der Waals surface area (Å²) in [5.41, 5.74) is 0.591. The van der Waals surface area contributed by atoms with Crippen molar-refractivity contribution >= 4 is 11.7 Å². The topological polar surface area (TPSA) is 78.4 Å². The first-order valence-corrected chi connectivity index (χ1v) is 8.16. The third-order valence-electron chi connectivity index (χ3n) is 4.01. The Balaban J connectivity index is 2.03. The molecule has 1 aliphatic rings. The van der Waals surface area contributed by atoms with Gasteiger partial charge in [-0.1, -0.05) is 26.2 Å². The maximum Gasteiger partial charge on any atom is 0.322 e. The second kappa shape index (κ2) is 8.08. The van der Waals surface area contributed by atoms with Gasteiger partial charge >= 0.3 is 6.03 Å². The largest absolute Gasteiger partial charge is 0.392 e. The standard InChI is InChI=1S/C16H26N4O2/c1-3-15-17-9-13(10-18-15)19-16(22)20(11-12(2)21)14-7-5-4-6-8-14/h9-10,12,14,21H,3-8,11H2,1-2H3,(H,19,22). The van der Waals surface area contributed by atoms with Crippen molar-refractivity contribution in [2.24, 2.45) is 0 Å². The van der Waals surface area contributed by atoms with Crippen LogP contribution in [-0.4, -0.2) is 44.7 Å². The lowest BCUT2D eigenvalue weighted by Gasteiger charge is -2.35. The molecule has 1 heterocycles. The van der Waals surface area contributed by atoms with Crippen LogP contribution in [-0.2, 0) is 6.42 Å². The Morgan fingerprint density at radius 2 is 2.00 bits per heavy atom. The lowest BCUT2D eigenvalue weighted by atomic mass is 9.94. The van der Waals surface area contributed by atoms with E-state index in [1.165, 1.54) is 6.42 Å². The summed E-state index contributed by atoms with van der Waals surface area (Å²) >= 11 is 0. The summed E-state index contributed by atoms with van der Waals surface area (Å²) in [6, 6.07) is 0.0276. The maximum absolute atomic E-state index is 12.6. The predicted octanol–water partition coefficient (Wildman–Crippen LogP) is 2.59. The predicted molar refractivity (Wildman–Crippen MR) is 85.7 cm³/mol. The van der Waals surface area contributed by atoms with Crippen molar-refractivity contribution < 1.29 is 9.90 Å². The number of rotatable bonds is 5. The fourth-order valence-electron chi connectivity index (χ4n) is 2.87. The Morgan fingerprint density at radius 3 is 2.55 bits per heavy atom. The number of urea groups is 1. The number of aryl methyl sites for hydroxylation is 1. The maximum atomic E-state index is 12.6. The summed E-state index contributed by atoms with van der Waals surface area (Å²) in [5, 5.41) is 12.5. The summed E-state index contributed by atoms with van der Waals surface area (Å²) in [4.78, 5) is 22.7. The van der Waals surface area contributed by atoms with E-state index in [2.05, 4.69) is 15.3 Å². The SMILES string of the molecule is CCc1ncc(NC(=O)N(CC(C)O)C2CCCCC2)cn1. The quantitative estimate of drug-likeness (QED) is 0.876. The molecule has 1 atom stereocenters.